The quantitative estimate of drug-likeness (QED) is 0.338. The maximum absolute atomic E-state index is 13.4. The van der Waals surface area contributed by atoms with E-state index in [2.05, 4.69) is 5.32 Å². The number of aliphatic carboxylic acids is 1. The van der Waals surface area contributed by atoms with Gasteiger partial charge >= 0.3 is 5.97 Å². The molecule has 4 rings (SSSR count). The Morgan fingerprint density at radius 3 is 2.39 bits per heavy atom. The van der Waals surface area contributed by atoms with Crippen LogP contribution in [-0.2, 0) is 22.6 Å². The van der Waals surface area contributed by atoms with Crippen LogP contribution in [0.3, 0.4) is 0 Å². The molecule has 9 nitrogen and oxygen atoms in total. The van der Waals surface area contributed by atoms with E-state index >= 15 is 0 Å². The van der Waals surface area contributed by atoms with Crippen LogP contribution >= 0.6 is 0 Å². The monoisotopic (exact) mass is 447 g/mol. The van der Waals surface area contributed by atoms with Crippen molar-refractivity contribution in [2.24, 2.45) is 5.73 Å². The van der Waals surface area contributed by atoms with Gasteiger partial charge in [-0.05, 0) is 42.7 Å². The van der Waals surface area contributed by atoms with Crippen molar-refractivity contribution in [2.45, 2.75) is 24.9 Å². The third-order valence-corrected chi connectivity index (χ3v) is 5.71. The highest BCUT2D eigenvalue weighted by molar-refractivity contribution is 6.28. The fourth-order valence-electron chi connectivity index (χ4n) is 4.00. The highest BCUT2D eigenvalue weighted by Gasteiger charge is 2.58. The smallest absolute Gasteiger partial charge is 0.340 e. The zero-order chi connectivity index (χ0) is 23.6. The number of aryl methyl sites for hydroxylation is 1. The lowest BCUT2D eigenvalue weighted by Gasteiger charge is -2.34. The van der Waals surface area contributed by atoms with Crippen molar-refractivity contribution >= 4 is 29.4 Å². The highest BCUT2D eigenvalue weighted by atomic mass is 16.4. The SMILES string of the molecule is NC(=O)C(CCc1ccccc1)(C(=O)O)N1C(=O)c2cccc(NCc3ccco3)c2C1=O. The van der Waals surface area contributed by atoms with Crippen LogP contribution in [0.5, 0.6) is 0 Å². The van der Waals surface area contributed by atoms with E-state index in [9.17, 15) is 24.3 Å². The number of anilines is 1. The molecule has 1 aromatic heterocycles. The van der Waals surface area contributed by atoms with E-state index in [0.29, 0.717) is 16.3 Å². The molecule has 3 amide bonds. The Labute approximate surface area is 188 Å². The van der Waals surface area contributed by atoms with Gasteiger partial charge in [-0.15, -0.1) is 0 Å². The number of rotatable bonds is 9. The number of carbonyl (C=O) groups is 4. The van der Waals surface area contributed by atoms with E-state index in [1.807, 2.05) is 0 Å². The molecule has 168 valence electrons. The number of nitrogens with zero attached hydrogens (tertiary/aromatic N) is 1. The summed E-state index contributed by atoms with van der Waals surface area (Å²) in [5, 5.41) is 13.1. The lowest BCUT2D eigenvalue weighted by molar-refractivity contribution is -0.154. The Balaban J connectivity index is 1.71. The van der Waals surface area contributed by atoms with Gasteiger partial charge in [-0.3, -0.25) is 14.4 Å². The summed E-state index contributed by atoms with van der Waals surface area (Å²) in [5.74, 6) is -4.13. The fourth-order valence-corrected chi connectivity index (χ4v) is 4.00. The maximum atomic E-state index is 13.4. The van der Waals surface area contributed by atoms with Crippen LogP contribution in [0.15, 0.2) is 71.3 Å². The minimum atomic E-state index is -2.54. The molecular formula is C24H21N3O6. The Morgan fingerprint density at radius 2 is 1.76 bits per heavy atom. The third-order valence-electron chi connectivity index (χ3n) is 5.71. The molecule has 0 bridgehead atoms. The lowest BCUT2D eigenvalue weighted by atomic mass is 9.88. The summed E-state index contributed by atoms with van der Waals surface area (Å²) in [6.45, 7) is 0.235. The van der Waals surface area contributed by atoms with E-state index in [4.69, 9.17) is 10.2 Å². The average Bonchev–Trinajstić information content (AvgIpc) is 3.41. The summed E-state index contributed by atoms with van der Waals surface area (Å²) in [6.07, 6.45) is 1.26. The maximum Gasteiger partial charge on any atom is 0.340 e. The van der Waals surface area contributed by atoms with Crippen LogP contribution in [0.2, 0.25) is 0 Å². The molecule has 1 aliphatic rings. The van der Waals surface area contributed by atoms with E-state index in [0.717, 1.165) is 5.56 Å². The van der Waals surface area contributed by atoms with Crippen molar-refractivity contribution in [3.8, 4) is 0 Å². The van der Waals surface area contributed by atoms with Crippen molar-refractivity contribution in [3.63, 3.8) is 0 Å². The molecule has 0 saturated carbocycles. The number of benzene rings is 2. The van der Waals surface area contributed by atoms with Crippen molar-refractivity contribution in [1.82, 2.24) is 4.90 Å². The molecule has 0 spiro atoms. The van der Waals surface area contributed by atoms with Gasteiger partial charge in [0.15, 0.2) is 0 Å². The highest BCUT2D eigenvalue weighted by Crippen LogP contribution is 2.36. The standard InChI is InChI=1S/C24H21N3O6/c25-22(30)24(23(31)32,12-11-15-6-2-1-3-7-15)27-20(28)17-9-4-10-18(19(17)21(27)29)26-14-16-8-5-13-33-16/h1-10,13,26H,11-12,14H2,(H2,25,30)(H,31,32). The van der Waals surface area contributed by atoms with Crippen LogP contribution in [0.4, 0.5) is 5.69 Å². The van der Waals surface area contributed by atoms with Gasteiger partial charge in [-0.25, -0.2) is 9.69 Å². The number of primary amides is 1. The number of hydrogen-bond donors (Lipinski definition) is 3. The molecule has 0 fully saturated rings. The van der Waals surface area contributed by atoms with Crippen molar-refractivity contribution in [3.05, 3.63) is 89.4 Å². The molecule has 0 saturated heterocycles. The van der Waals surface area contributed by atoms with E-state index in [-0.39, 0.29) is 30.5 Å². The van der Waals surface area contributed by atoms with Gasteiger partial charge in [-0.1, -0.05) is 36.4 Å². The number of nitrogens with one attached hydrogen (secondary N) is 1. The van der Waals surface area contributed by atoms with Crippen molar-refractivity contribution in [2.75, 3.05) is 5.32 Å². The minimum Gasteiger partial charge on any atom is -0.479 e. The normalized spacial score (nSPS) is 14.6. The first-order chi connectivity index (χ1) is 15.9. The molecule has 1 aliphatic heterocycles. The van der Waals surface area contributed by atoms with Crippen LogP contribution < -0.4 is 11.1 Å². The Bertz CT molecular complexity index is 1210. The summed E-state index contributed by atoms with van der Waals surface area (Å²) < 4.78 is 5.27. The topological polar surface area (TPSA) is 143 Å². The summed E-state index contributed by atoms with van der Waals surface area (Å²) in [7, 11) is 0. The van der Waals surface area contributed by atoms with Crippen LogP contribution in [0, 0.1) is 0 Å². The molecule has 0 aliphatic carbocycles. The number of nitrogens with two attached hydrogens (primary N) is 1. The lowest BCUT2D eigenvalue weighted by Crippen LogP contribution is -2.64. The zero-order valence-electron chi connectivity index (χ0n) is 17.5. The van der Waals surface area contributed by atoms with Crippen molar-refractivity contribution in [1.29, 1.82) is 0 Å². The number of carboxylic acid groups (broad SMARTS) is 1. The van der Waals surface area contributed by atoms with Crippen LogP contribution in [0.1, 0.15) is 38.5 Å². The van der Waals surface area contributed by atoms with Crippen molar-refractivity contribution < 1.29 is 28.7 Å². The molecule has 4 N–H and O–H groups in total. The Kier molecular flexibility index (Phi) is 5.70. The van der Waals surface area contributed by atoms with Gasteiger partial charge < -0.3 is 20.6 Å². The number of amides is 3. The first kappa shape index (κ1) is 21.8. The third kappa shape index (κ3) is 3.73. The molecule has 3 aromatic rings. The number of hydrogen-bond acceptors (Lipinski definition) is 6. The first-order valence-electron chi connectivity index (χ1n) is 10.2. The molecule has 0 radical (unpaired) electrons. The largest absolute Gasteiger partial charge is 0.479 e. The molecule has 2 aromatic carbocycles. The second kappa shape index (κ2) is 8.62. The second-order valence-corrected chi connectivity index (χ2v) is 7.62. The number of carbonyl (C=O) groups excluding carboxylic acids is 3. The summed E-state index contributed by atoms with van der Waals surface area (Å²) in [5.41, 5.74) is 4.04. The Morgan fingerprint density at radius 1 is 1.00 bits per heavy atom. The number of carboxylic acids is 1. The number of furan rings is 1. The molecule has 33 heavy (non-hydrogen) atoms. The van der Waals surface area contributed by atoms with E-state index in [1.165, 1.54) is 12.3 Å². The molecule has 2 heterocycles. The number of imide groups is 1. The van der Waals surface area contributed by atoms with Gasteiger partial charge in [0.2, 0.25) is 5.54 Å². The molecular weight excluding hydrogens is 426 g/mol. The van der Waals surface area contributed by atoms with Gasteiger partial charge in [0.25, 0.3) is 17.7 Å². The van der Waals surface area contributed by atoms with E-state index < -0.39 is 29.2 Å². The predicted molar refractivity (Wildman–Crippen MR) is 117 cm³/mol. The first-order valence-corrected chi connectivity index (χ1v) is 10.2. The average molecular weight is 447 g/mol. The molecule has 1 unspecified atom stereocenters. The zero-order valence-corrected chi connectivity index (χ0v) is 17.5. The van der Waals surface area contributed by atoms with Gasteiger partial charge in [0.05, 0.1) is 23.9 Å². The van der Waals surface area contributed by atoms with Gasteiger partial charge in [0, 0.05) is 5.69 Å². The summed E-state index contributed by atoms with van der Waals surface area (Å²) in [4.78, 5) is 52.1. The second-order valence-electron chi connectivity index (χ2n) is 7.62. The van der Waals surface area contributed by atoms with Gasteiger partial charge in [0.1, 0.15) is 5.76 Å². The molecule has 9 heteroatoms. The summed E-state index contributed by atoms with van der Waals surface area (Å²) in [6, 6.07) is 16.9. The molecule has 1 atom stereocenters. The fraction of sp³-hybridized carbons (Fsp3) is 0.167. The predicted octanol–water partition coefficient (Wildman–Crippen LogP) is 2.43. The van der Waals surface area contributed by atoms with Crippen LogP contribution in [-0.4, -0.2) is 39.2 Å². The van der Waals surface area contributed by atoms with E-state index in [1.54, 1.807) is 54.6 Å². The summed E-state index contributed by atoms with van der Waals surface area (Å²) >= 11 is 0. The number of fused-ring (bicyclic) bond motifs is 1. The van der Waals surface area contributed by atoms with Gasteiger partial charge in [-0.2, -0.15) is 0 Å². The van der Waals surface area contributed by atoms with Crippen LogP contribution in [0.25, 0.3) is 0 Å². The minimum absolute atomic E-state index is 0.00367. The Hall–Kier alpha value is -4.40.